The van der Waals surface area contributed by atoms with E-state index < -0.39 is 24.0 Å². The number of carbonyl (C=O) groups is 3. The average Bonchev–Trinajstić information content (AvgIpc) is 2.63. The van der Waals surface area contributed by atoms with E-state index in [0.717, 1.165) is 5.39 Å². The molecule has 26 heavy (non-hydrogen) atoms. The Hall–Kier alpha value is -3.03. The van der Waals surface area contributed by atoms with Crippen LogP contribution in [0.15, 0.2) is 48.6 Å². The monoisotopic (exact) mass is 355 g/mol. The molecule has 1 aliphatic rings. The molecule has 3 rings (SSSR count). The number of amides is 3. The molecular weight excluding hydrogens is 338 g/mol. The molecule has 0 saturated heterocycles. The van der Waals surface area contributed by atoms with E-state index in [4.69, 9.17) is 9.99 Å². The van der Waals surface area contributed by atoms with Gasteiger partial charge in [0, 0.05) is 22.9 Å². The van der Waals surface area contributed by atoms with Crippen molar-refractivity contribution in [1.82, 2.24) is 4.90 Å². The topological polar surface area (TPSA) is 93.1 Å². The summed E-state index contributed by atoms with van der Waals surface area (Å²) in [6.45, 7) is 5.14. The van der Waals surface area contributed by atoms with E-state index in [1.54, 1.807) is 43.3 Å². The smallest absolute Gasteiger partial charge is 0.424 e. The van der Waals surface area contributed by atoms with Crippen molar-refractivity contribution in [2.24, 2.45) is 0 Å². The van der Waals surface area contributed by atoms with E-state index in [0.29, 0.717) is 15.9 Å². The molecule has 0 saturated carbocycles. The minimum absolute atomic E-state index is 0.139. The zero-order valence-electron chi connectivity index (χ0n) is 14.1. The van der Waals surface area contributed by atoms with Crippen molar-refractivity contribution in [3.63, 3.8) is 0 Å². The van der Waals surface area contributed by atoms with Crippen molar-refractivity contribution in [1.29, 1.82) is 0 Å². The third-order valence-electron chi connectivity index (χ3n) is 4.24. The molecule has 0 spiro atoms. The van der Waals surface area contributed by atoms with Gasteiger partial charge in [-0.3, -0.25) is 14.8 Å². The number of hydrogen-bond acceptors (Lipinski definition) is 6. The van der Waals surface area contributed by atoms with E-state index in [9.17, 15) is 14.4 Å². The second-order valence-corrected chi connectivity index (χ2v) is 6.00. The molecule has 1 heterocycles. The number of ether oxygens (including phenoxy) is 1. The van der Waals surface area contributed by atoms with Crippen LogP contribution in [-0.4, -0.2) is 40.8 Å². The van der Waals surface area contributed by atoms with Crippen LogP contribution >= 0.6 is 0 Å². The molecule has 2 aromatic rings. The fourth-order valence-corrected chi connectivity index (χ4v) is 2.90. The van der Waals surface area contributed by atoms with Gasteiger partial charge >= 0.3 is 6.09 Å². The van der Waals surface area contributed by atoms with Gasteiger partial charge in [-0.25, -0.2) is 9.68 Å². The second kappa shape index (κ2) is 7.07. The first kappa shape index (κ1) is 17.8. The van der Waals surface area contributed by atoms with E-state index in [1.807, 2.05) is 0 Å². The van der Waals surface area contributed by atoms with Gasteiger partial charge in [-0.05, 0) is 30.0 Å². The lowest BCUT2D eigenvalue weighted by atomic mass is 9.94. The highest BCUT2D eigenvalue weighted by Gasteiger charge is 2.38. The Labute approximate surface area is 149 Å². The lowest BCUT2D eigenvalue weighted by Crippen LogP contribution is -2.45. The van der Waals surface area contributed by atoms with Gasteiger partial charge in [0.2, 0.25) is 0 Å². The maximum absolute atomic E-state index is 12.6. The van der Waals surface area contributed by atoms with Crippen LogP contribution in [0.4, 0.5) is 4.79 Å². The van der Waals surface area contributed by atoms with E-state index >= 15 is 0 Å². The molecule has 0 bridgehead atoms. The molecule has 7 heteroatoms. The first-order chi connectivity index (χ1) is 12.5. The minimum Gasteiger partial charge on any atom is -0.449 e. The summed E-state index contributed by atoms with van der Waals surface area (Å²) in [6, 6.07) is 10.1. The fourth-order valence-electron chi connectivity index (χ4n) is 2.90. The Morgan fingerprint density at radius 2 is 1.73 bits per heavy atom. The average molecular weight is 355 g/mol. The van der Waals surface area contributed by atoms with Crippen LogP contribution in [0.2, 0.25) is 0 Å². The molecule has 1 N–H and O–H groups in total. The maximum atomic E-state index is 12.6. The van der Waals surface area contributed by atoms with Crippen LogP contribution in [0.1, 0.15) is 34.1 Å². The normalized spacial score (nSPS) is 14.5. The summed E-state index contributed by atoms with van der Waals surface area (Å²) < 4.78 is 5.03. The summed E-state index contributed by atoms with van der Waals surface area (Å²) >= 11 is 0. The van der Waals surface area contributed by atoms with E-state index in [1.165, 1.54) is 0 Å². The van der Waals surface area contributed by atoms with Gasteiger partial charge in [-0.15, -0.1) is 0 Å². The molecule has 1 aliphatic heterocycles. The van der Waals surface area contributed by atoms with Crippen molar-refractivity contribution in [2.75, 3.05) is 6.61 Å². The minimum atomic E-state index is -1.06. The van der Waals surface area contributed by atoms with Crippen LogP contribution in [0.3, 0.4) is 0 Å². The lowest BCUT2D eigenvalue weighted by Gasteiger charge is -2.25. The zero-order chi connectivity index (χ0) is 18.8. The largest absolute Gasteiger partial charge is 0.449 e. The lowest BCUT2D eigenvalue weighted by molar-refractivity contribution is -0.270. The quantitative estimate of drug-likeness (QED) is 0.382. The highest BCUT2D eigenvalue weighted by molar-refractivity contribution is 6.30. The number of carbonyl (C=O) groups excluding carboxylic acids is 3. The number of imide groups is 3. The predicted molar refractivity (Wildman–Crippen MR) is 92.7 cm³/mol. The molecule has 0 aliphatic carbocycles. The fraction of sp³-hybridized carbons (Fsp3) is 0.211. The second-order valence-electron chi connectivity index (χ2n) is 6.00. The van der Waals surface area contributed by atoms with Crippen LogP contribution in [0.25, 0.3) is 10.8 Å². The number of hydrogen-bond donors (Lipinski definition) is 1. The Morgan fingerprint density at radius 1 is 1.15 bits per heavy atom. The van der Waals surface area contributed by atoms with Gasteiger partial charge in [0.1, 0.15) is 6.10 Å². The van der Waals surface area contributed by atoms with Crippen molar-refractivity contribution >= 4 is 28.7 Å². The van der Waals surface area contributed by atoms with Crippen molar-refractivity contribution in [3.8, 4) is 0 Å². The molecule has 2 aromatic carbocycles. The summed E-state index contributed by atoms with van der Waals surface area (Å²) in [7, 11) is 0. The highest BCUT2D eigenvalue weighted by Crippen LogP contribution is 2.30. The third kappa shape index (κ3) is 2.98. The molecule has 0 aromatic heterocycles. The first-order valence-corrected chi connectivity index (χ1v) is 7.98. The van der Waals surface area contributed by atoms with Gasteiger partial charge in [-0.1, -0.05) is 30.8 Å². The van der Waals surface area contributed by atoms with Crippen LogP contribution in [-0.2, 0) is 9.62 Å². The van der Waals surface area contributed by atoms with Crippen LogP contribution < -0.4 is 0 Å². The molecule has 0 radical (unpaired) electrons. The summed E-state index contributed by atoms with van der Waals surface area (Å²) in [4.78, 5) is 42.3. The van der Waals surface area contributed by atoms with Gasteiger partial charge in [0.05, 0.1) is 6.61 Å². The Kier molecular flexibility index (Phi) is 4.83. The summed E-state index contributed by atoms with van der Waals surface area (Å²) in [5, 5.41) is 10.1. The summed E-state index contributed by atoms with van der Waals surface area (Å²) in [5.41, 5.74) is 1.09. The molecular formula is C19H17NO6. The summed E-state index contributed by atoms with van der Waals surface area (Å²) in [5.74, 6) is -1.45. The molecule has 3 amide bonds. The predicted octanol–water partition coefficient (Wildman–Crippen LogP) is 3.40. The Bertz CT molecular complexity index is 869. The number of nitrogens with zero attached hydrogens (tertiary/aromatic N) is 1. The maximum Gasteiger partial charge on any atom is 0.424 e. The van der Waals surface area contributed by atoms with Crippen LogP contribution in [0.5, 0.6) is 0 Å². The number of benzene rings is 2. The van der Waals surface area contributed by atoms with E-state index in [-0.39, 0.29) is 24.2 Å². The molecule has 1 unspecified atom stereocenters. The van der Waals surface area contributed by atoms with Crippen LogP contribution in [0, 0.1) is 0 Å². The standard InChI is InChI=1S/C19H17NO6/c1-11(2)15(26-24)9-10-25-19(23)20-17(21)13-7-3-5-12-6-4-8-14(16(12)13)18(20)22/h3-8,15,24H,1,9-10H2,2H3. The Balaban J connectivity index is 1.81. The van der Waals surface area contributed by atoms with Gasteiger partial charge in [-0.2, -0.15) is 4.90 Å². The summed E-state index contributed by atoms with van der Waals surface area (Å²) in [6.07, 6.45) is -1.63. The SMILES string of the molecule is C=C(C)C(CCOC(=O)N1C(=O)c2cccc3cccc(c23)C1=O)OO. The molecule has 7 nitrogen and oxygen atoms in total. The zero-order valence-corrected chi connectivity index (χ0v) is 14.1. The van der Waals surface area contributed by atoms with Crippen molar-refractivity contribution in [2.45, 2.75) is 19.4 Å². The van der Waals surface area contributed by atoms with Gasteiger partial charge in [0.15, 0.2) is 0 Å². The molecule has 134 valence electrons. The highest BCUT2D eigenvalue weighted by atomic mass is 17.1. The third-order valence-corrected chi connectivity index (χ3v) is 4.24. The molecule has 1 atom stereocenters. The van der Waals surface area contributed by atoms with Gasteiger partial charge in [0.25, 0.3) is 11.8 Å². The van der Waals surface area contributed by atoms with Crippen molar-refractivity contribution in [3.05, 3.63) is 59.7 Å². The molecule has 0 fully saturated rings. The Morgan fingerprint density at radius 3 is 2.23 bits per heavy atom. The van der Waals surface area contributed by atoms with Gasteiger partial charge < -0.3 is 4.74 Å². The number of rotatable bonds is 5. The van der Waals surface area contributed by atoms with E-state index in [2.05, 4.69) is 11.5 Å². The van der Waals surface area contributed by atoms with Crippen molar-refractivity contribution < 1.29 is 29.3 Å². The first-order valence-electron chi connectivity index (χ1n) is 7.98.